The van der Waals surface area contributed by atoms with Crippen molar-refractivity contribution in [1.29, 1.82) is 0 Å². The highest BCUT2D eigenvalue weighted by Crippen LogP contribution is 2.37. The number of phosphoric ester groups is 1. The van der Waals surface area contributed by atoms with E-state index in [1.165, 1.54) is 19.0 Å². The molecule has 3 N–H and O–H groups in total. The lowest BCUT2D eigenvalue weighted by molar-refractivity contribution is -0.110. The zero-order valence-corrected chi connectivity index (χ0v) is 14.7. The van der Waals surface area contributed by atoms with Crippen molar-refractivity contribution >= 4 is 19.0 Å². The van der Waals surface area contributed by atoms with Gasteiger partial charge in [0.15, 0.2) is 17.0 Å². The summed E-state index contributed by atoms with van der Waals surface area (Å²) in [6, 6.07) is -0.264. The van der Waals surface area contributed by atoms with Gasteiger partial charge in [0.2, 0.25) is 0 Å². The number of aromatic nitrogens is 7. The Balaban J connectivity index is 1.54. The number of imidazole rings is 1. The van der Waals surface area contributed by atoms with Crippen molar-refractivity contribution in [3.63, 3.8) is 0 Å². The highest BCUT2D eigenvalue weighted by atomic mass is 31.2. The predicted molar refractivity (Wildman–Crippen MR) is 87.6 cm³/mol. The summed E-state index contributed by atoms with van der Waals surface area (Å²) in [7, 11) is -4.62. The molecule has 3 atom stereocenters. The standard InChI is InChI=1S/C13H16N7O6P/c21-9-1-8(2-25-10(9)3-26-27(22,23)24)20-5-16-11-12(14-4-15-13(11)20)19-6-17-18-7-19/h4-10,21H,1-3H2,(H2,22,23,24)/t8-,9-,10+/m0/s1. The first kappa shape index (κ1) is 18.1. The van der Waals surface area contributed by atoms with Crippen molar-refractivity contribution in [2.75, 3.05) is 13.2 Å². The third-order valence-corrected chi connectivity index (χ3v) is 4.73. The first-order chi connectivity index (χ1) is 12.9. The van der Waals surface area contributed by atoms with E-state index >= 15 is 0 Å². The maximum atomic E-state index is 10.8. The van der Waals surface area contributed by atoms with E-state index in [2.05, 4.69) is 29.7 Å². The largest absolute Gasteiger partial charge is 0.469 e. The fourth-order valence-electron chi connectivity index (χ4n) is 2.97. The number of aliphatic hydroxyl groups excluding tert-OH is 1. The first-order valence-corrected chi connectivity index (χ1v) is 9.47. The van der Waals surface area contributed by atoms with Gasteiger partial charge < -0.3 is 24.2 Å². The molecule has 1 fully saturated rings. The number of phosphoric acid groups is 1. The average Bonchev–Trinajstić information content (AvgIpc) is 3.29. The number of nitrogens with zero attached hydrogens (tertiary/aromatic N) is 7. The molecule has 3 aromatic heterocycles. The van der Waals surface area contributed by atoms with Crippen molar-refractivity contribution in [2.45, 2.75) is 24.7 Å². The van der Waals surface area contributed by atoms with E-state index in [4.69, 9.17) is 14.5 Å². The Labute approximate surface area is 151 Å². The Morgan fingerprint density at radius 2 is 2.00 bits per heavy atom. The number of ether oxygens (including phenoxy) is 1. The van der Waals surface area contributed by atoms with E-state index in [1.54, 1.807) is 15.5 Å². The number of hydrogen-bond acceptors (Lipinski definition) is 9. The Morgan fingerprint density at radius 3 is 2.70 bits per heavy atom. The molecule has 1 saturated heterocycles. The summed E-state index contributed by atoms with van der Waals surface area (Å²) in [4.78, 5) is 30.4. The maximum Gasteiger partial charge on any atom is 0.469 e. The molecule has 13 nitrogen and oxygen atoms in total. The van der Waals surface area contributed by atoms with Crippen LogP contribution < -0.4 is 0 Å². The van der Waals surface area contributed by atoms with Crippen LogP contribution in [-0.4, -0.2) is 74.6 Å². The third kappa shape index (κ3) is 3.74. The van der Waals surface area contributed by atoms with Gasteiger partial charge in [-0.25, -0.2) is 19.5 Å². The molecule has 0 spiro atoms. The molecular weight excluding hydrogens is 381 g/mol. The van der Waals surface area contributed by atoms with Crippen molar-refractivity contribution in [2.24, 2.45) is 0 Å². The number of fused-ring (bicyclic) bond motifs is 1. The Bertz CT molecular complexity index is 973. The maximum absolute atomic E-state index is 10.8. The van der Waals surface area contributed by atoms with Gasteiger partial charge in [-0.05, 0) is 6.42 Å². The smallest absolute Gasteiger partial charge is 0.390 e. The molecule has 3 aromatic rings. The predicted octanol–water partition coefficient (Wildman–Crippen LogP) is -0.793. The van der Waals surface area contributed by atoms with Gasteiger partial charge in [0.25, 0.3) is 0 Å². The van der Waals surface area contributed by atoms with Crippen LogP contribution in [0.15, 0.2) is 25.3 Å². The van der Waals surface area contributed by atoms with Gasteiger partial charge in [0, 0.05) is 0 Å². The minimum Gasteiger partial charge on any atom is -0.390 e. The fraction of sp³-hybridized carbons (Fsp3) is 0.462. The first-order valence-electron chi connectivity index (χ1n) is 7.94. The van der Waals surface area contributed by atoms with E-state index in [1.807, 2.05) is 0 Å². The molecule has 1 aliphatic rings. The Hall–Kier alpha value is -2.28. The number of aliphatic hydroxyl groups is 1. The lowest BCUT2D eigenvalue weighted by Crippen LogP contribution is -2.41. The van der Waals surface area contributed by atoms with Crippen LogP contribution in [0, 0.1) is 0 Å². The number of rotatable bonds is 5. The van der Waals surface area contributed by atoms with Gasteiger partial charge in [-0.2, -0.15) is 0 Å². The molecule has 0 saturated carbocycles. The van der Waals surface area contributed by atoms with Gasteiger partial charge in [0.1, 0.15) is 25.1 Å². The van der Waals surface area contributed by atoms with Crippen LogP contribution in [0.3, 0.4) is 0 Å². The monoisotopic (exact) mass is 397 g/mol. The fourth-order valence-corrected chi connectivity index (χ4v) is 3.31. The molecule has 0 unspecified atom stereocenters. The van der Waals surface area contributed by atoms with Crippen LogP contribution >= 0.6 is 7.82 Å². The summed E-state index contributed by atoms with van der Waals surface area (Å²) < 4.78 is 24.1. The van der Waals surface area contributed by atoms with Crippen LogP contribution in [0.2, 0.25) is 0 Å². The van der Waals surface area contributed by atoms with Gasteiger partial charge >= 0.3 is 7.82 Å². The zero-order chi connectivity index (χ0) is 19.0. The van der Waals surface area contributed by atoms with Gasteiger partial charge in [-0.15, -0.1) is 10.2 Å². The molecule has 27 heavy (non-hydrogen) atoms. The second-order valence-electron chi connectivity index (χ2n) is 6.01. The Kier molecular flexibility index (Phi) is 4.72. The van der Waals surface area contributed by atoms with E-state index in [0.29, 0.717) is 17.0 Å². The molecular formula is C13H16N7O6P. The molecule has 1 aliphatic heterocycles. The lowest BCUT2D eigenvalue weighted by Gasteiger charge is -2.33. The molecule has 0 radical (unpaired) electrons. The number of hydrogen-bond donors (Lipinski definition) is 3. The second kappa shape index (κ2) is 7.03. The highest BCUT2D eigenvalue weighted by molar-refractivity contribution is 7.46. The SMILES string of the molecule is O=P(O)(O)OC[C@H]1OC[C@@H](n2cnc3c(-n4cnnc4)ncnc32)C[C@@H]1O. The van der Waals surface area contributed by atoms with E-state index < -0.39 is 26.6 Å². The van der Waals surface area contributed by atoms with Crippen LogP contribution in [0.1, 0.15) is 12.5 Å². The summed E-state index contributed by atoms with van der Waals surface area (Å²) >= 11 is 0. The Morgan fingerprint density at radius 1 is 1.22 bits per heavy atom. The van der Waals surface area contributed by atoms with Gasteiger partial charge in [-0.1, -0.05) is 0 Å². The molecule has 14 heteroatoms. The topological polar surface area (TPSA) is 171 Å². The van der Waals surface area contributed by atoms with Crippen LogP contribution in [-0.2, 0) is 13.8 Å². The highest BCUT2D eigenvalue weighted by Gasteiger charge is 2.33. The van der Waals surface area contributed by atoms with Crippen molar-refractivity contribution in [3.05, 3.63) is 25.3 Å². The molecule has 0 amide bonds. The van der Waals surface area contributed by atoms with Crippen LogP contribution in [0.25, 0.3) is 17.0 Å². The van der Waals surface area contributed by atoms with Crippen molar-refractivity contribution in [3.8, 4) is 5.82 Å². The normalized spacial score (nSPS) is 23.7. The molecule has 4 heterocycles. The molecule has 0 aliphatic carbocycles. The quantitative estimate of drug-likeness (QED) is 0.461. The summed E-state index contributed by atoms with van der Waals surface area (Å²) in [6.07, 6.45) is 4.47. The third-order valence-electron chi connectivity index (χ3n) is 4.25. The van der Waals surface area contributed by atoms with Crippen LogP contribution in [0.4, 0.5) is 0 Å². The summed E-state index contributed by atoms with van der Waals surface area (Å²) in [5.41, 5.74) is 1.10. The minimum absolute atomic E-state index is 0.198. The summed E-state index contributed by atoms with van der Waals surface area (Å²) in [5, 5.41) is 17.8. The summed E-state index contributed by atoms with van der Waals surface area (Å²) in [6.45, 7) is -0.202. The van der Waals surface area contributed by atoms with Gasteiger partial charge in [0.05, 0.1) is 31.7 Å². The molecule has 0 bridgehead atoms. The zero-order valence-electron chi connectivity index (χ0n) is 13.8. The molecule has 4 rings (SSSR count). The van der Waals surface area contributed by atoms with E-state index in [0.717, 1.165) is 0 Å². The lowest BCUT2D eigenvalue weighted by atomic mass is 10.0. The van der Waals surface area contributed by atoms with Crippen molar-refractivity contribution in [1.82, 2.24) is 34.3 Å². The minimum atomic E-state index is -4.62. The summed E-state index contributed by atoms with van der Waals surface area (Å²) in [5.74, 6) is 0.522. The average molecular weight is 397 g/mol. The molecule has 0 aromatic carbocycles. The van der Waals surface area contributed by atoms with E-state index in [-0.39, 0.29) is 19.1 Å². The van der Waals surface area contributed by atoms with E-state index in [9.17, 15) is 9.67 Å². The second-order valence-corrected chi connectivity index (χ2v) is 7.24. The van der Waals surface area contributed by atoms with Crippen LogP contribution in [0.5, 0.6) is 0 Å². The molecule has 144 valence electrons. The van der Waals surface area contributed by atoms with Gasteiger partial charge in [-0.3, -0.25) is 9.09 Å². The van der Waals surface area contributed by atoms with Crippen molar-refractivity contribution < 1.29 is 28.7 Å².